The Labute approximate surface area is 144 Å². The van der Waals surface area contributed by atoms with Crippen molar-refractivity contribution < 1.29 is 9.59 Å². The zero-order valence-electron chi connectivity index (χ0n) is 14.6. The van der Waals surface area contributed by atoms with Crippen LogP contribution in [-0.4, -0.2) is 36.0 Å². The van der Waals surface area contributed by atoms with Gasteiger partial charge in [-0.3, -0.25) is 15.0 Å². The first-order valence-electron chi connectivity index (χ1n) is 9.04. The van der Waals surface area contributed by atoms with Crippen LogP contribution in [0.15, 0.2) is 30.3 Å². The number of nitrogens with one attached hydrogen (secondary N) is 2. The Balaban J connectivity index is 1.77. The maximum atomic E-state index is 12.2. The Morgan fingerprint density at radius 2 is 1.83 bits per heavy atom. The third-order valence-electron chi connectivity index (χ3n) is 4.35. The average Bonchev–Trinajstić information content (AvgIpc) is 2.56. The molecule has 2 rings (SSSR count). The van der Waals surface area contributed by atoms with Gasteiger partial charge >= 0.3 is 6.03 Å². The first-order chi connectivity index (χ1) is 11.7. The Hall–Kier alpha value is -1.88. The summed E-state index contributed by atoms with van der Waals surface area (Å²) in [6.45, 7) is 3.87. The fourth-order valence-electron chi connectivity index (χ4n) is 3.21. The lowest BCUT2D eigenvalue weighted by Gasteiger charge is -2.24. The number of urea groups is 1. The summed E-state index contributed by atoms with van der Waals surface area (Å²) in [4.78, 5) is 26.2. The molecule has 0 unspecified atom stereocenters. The highest BCUT2D eigenvalue weighted by atomic mass is 16.2. The van der Waals surface area contributed by atoms with Crippen LogP contribution in [0.4, 0.5) is 4.79 Å². The molecule has 1 aliphatic carbocycles. The molecule has 0 atom stereocenters. The van der Waals surface area contributed by atoms with Crippen molar-refractivity contribution in [2.75, 3.05) is 13.1 Å². The van der Waals surface area contributed by atoms with E-state index in [2.05, 4.69) is 34.6 Å². The normalized spacial score (nSPS) is 15.2. The van der Waals surface area contributed by atoms with Gasteiger partial charge in [-0.15, -0.1) is 0 Å². The number of hydrogen-bond donors (Lipinski definition) is 2. The smallest absolute Gasteiger partial charge is 0.321 e. The number of imide groups is 1. The van der Waals surface area contributed by atoms with E-state index in [1.54, 1.807) is 0 Å². The molecule has 132 valence electrons. The van der Waals surface area contributed by atoms with E-state index in [1.807, 2.05) is 18.2 Å². The summed E-state index contributed by atoms with van der Waals surface area (Å²) in [6.07, 6.45) is 6.54. The van der Waals surface area contributed by atoms with Gasteiger partial charge in [-0.05, 0) is 31.4 Å². The predicted octanol–water partition coefficient (Wildman–Crippen LogP) is 3.06. The minimum absolute atomic E-state index is 0.211. The van der Waals surface area contributed by atoms with Crippen molar-refractivity contribution in [1.29, 1.82) is 0 Å². The van der Waals surface area contributed by atoms with Crippen molar-refractivity contribution in [3.05, 3.63) is 35.9 Å². The number of nitrogens with zero attached hydrogens (tertiary/aromatic N) is 1. The lowest BCUT2D eigenvalue weighted by atomic mass is 9.96. The fourth-order valence-corrected chi connectivity index (χ4v) is 3.21. The molecule has 1 aromatic rings. The quantitative estimate of drug-likeness (QED) is 0.807. The lowest BCUT2D eigenvalue weighted by Crippen LogP contribution is -2.48. The van der Waals surface area contributed by atoms with Crippen LogP contribution in [0.5, 0.6) is 0 Å². The minimum atomic E-state index is -0.358. The monoisotopic (exact) mass is 331 g/mol. The third-order valence-corrected chi connectivity index (χ3v) is 4.35. The van der Waals surface area contributed by atoms with Crippen molar-refractivity contribution in [3.8, 4) is 0 Å². The Kier molecular flexibility index (Phi) is 7.75. The Bertz CT molecular complexity index is 513. The summed E-state index contributed by atoms with van der Waals surface area (Å²) in [5.74, 6) is -0.243. The van der Waals surface area contributed by atoms with Gasteiger partial charge in [0.25, 0.3) is 0 Å². The van der Waals surface area contributed by atoms with Gasteiger partial charge in [-0.2, -0.15) is 0 Å². The molecule has 24 heavy (non-hydrogen) atoms. The molecule has 0 aromatic heterocycles. The topological polar surface area (TPSA) is 61.4 Å². The highest BCUT2D eigenvalue weighted by Crippen LogP contribution is 2.17. The van der Waals surface area contributed by atoms with Crippen molar-refractivity contribution in [3.63, 3.8) is 0 Å². The molecule has 0 radical (unpaired) electrons. The average molecular weight is 331 g/mol. The maximum absolute atomic E-state index is 12.2. The number of rotatable bonds is 7. The van der Waals surface area contributed by atoms with E-state index in [9.17, 15) is 9.59 Å². The minimum Gasteiger partial charge on any atom is -0.335 e. The molecule has 1 saturated carbocycles. The second-order valence-corrected chi connectivity index (χ2v) is 6.55. The summed E-state index contributed by atoms with van der Waals surface area (Å²) >= 11 is 0. The van der Waals surface area contributed by atoms with E-state index >= 15 is 0 Å². The highest BCUT2D eigenvalue weighted by Gasteiger charge is 2.18. The summed E-state index contributed by atoms with van der Waals surface area (Å²) < 4.78 is 0. The van der Waals surface area contributed by atoms with Crippen LogP contribution < -0.4 is 10.6 Å². The maximum Gasteiger partial charge on any atom is 0.321 e. The molecule has 0 heterocycles. The number of hydrogen-bond acceptors (Lipinski definition) is 3. The van der Waals surface area contributed by atoms with Crippen LogP contribution in [0, 0.1) is 0 Å². The standard InChI is InChI=1S/C19H29N3O2/c1-2-13-22(14-16-9-5-3-6-10-16)15-18(23)21-19(24)20-17-11-7-4-8-12-17/h3,5-6,9-10,17H,2,4,7-8,11-15H2,1H3,(H2,20,21,23,24). The van der Waals surface area contributed by atoms with Crippen molar-refractivity contribution in [2.24, 2.45) is 0 Å². The van der Waals surface area contributed by atoms with Crippen LogP contribution in [0.1, 0.15) is 51.0 Å². The third kappa shape index (κ3) is 6.71. The van der Waals surface area contributed by atoms with E-state index in [0.717, 1.165) is 38.6 Å². The largest absolute Gasteiger partial charge is 0.335 e. The SMILES string of the molecule is CCCN(CC(=O)NC(=O)NC1CCCCC1)Cc1ccccc1. The molecule has 1 aliphatic rings. The molecule has 1 aromatic carbocycles. The molecule has 0 spiro atoms. The molecular weight excluding hydrogens is 302 g/mol. The first kappa shape index (κ1) is 18.5. The molecule has 0 bridgehead atoms. The zero-order valence-corrected chi connectivity index (χ0v) is 14.6. The Morgan fingerprint density at radius 3 is 2.50 bits per heavy atom. The van der Waals surface area contributed by atoms with Crippen molar-refractivity contribution in [1.82, 2.24) is 15.5 Å². The molecule has 0 saturated heterocycles. The van der Waals surface area contributed by atoms with Crippen LogP contribution in [0.3, 0.4) is 0 Å². The van der Waals surface area contributed by atoms with Gasteiger partial charge in [0, 0.05) is 12.6 Å². The highest BCUT2D eigenvalue weighted by molar-refractivity contribution is 5.95. The van der Waals surface area contributed by atoms with Crippen LogP contribution in [-0.2, 0) is 11.3 Å². The van der Waals surface area contributed by atoms with Gasteiger partial charge in [-0.1, -0.05) is 56.5 Å². The molecule has 5 heteroatoms. The van der Waals surface area contributed by atoms with E-state index in [1.165, 1.54) is 12.0 Å². The molecule has 3 amide bonds. The van der Waals surface area contributed by atoms with Gasteiger partial charge < -0.3 is 5.32 Å². The molecule has 5 nitrogen and oxygen atoms in total. The molecule has 1 fully saturated rings. The van der Waals surface area contributed by atoms with Crippen molar-refractivity contribution >= 4 is 11.9 Å². The van der Waals surface area contributed by atoms with Crippen molar-refractivity contribution in [2.45, 2.75) is 58.0 Å². The van der Waals surface area contributed by atoms with Gasteiger partial charge in [0.15, 0.2) is 0 Å². The van der Waals surface area contributed by atoms with Gasteiger partial charge in [0.05, 0.1) is 6.54 Å². The first-order valence-corrected chi connectivity index (χ1v) is 9.04. The number of benzene rings is 1. The summed E-state index contributed by atoms with van der Waals surface area (Å²) in [5, 5.41) is 5.39. The summed E-state index contributed by atoms with van der Waals surface area (Å²) in [6, 6.07) is 9.93. The van der Waals surface area contributed by atoms with Gasteiger partial charge in [0.2, 0.25) is 5.91 Å². The van der Waals surface area contributed by atoms with E-state index in [4.69, 9.17) is 0 Å². The molecular formula is C19H29N3O2. The van der Waals surface area contributed by atoms with E-state index in [-0.39, 0.29) is 24.5 Å². The zero-order chi connectivity index (χ0) is 17.2. The predicted molar refractivity (Wildman–Crippen MR) is 95.6 cm³/mol. The van der Waals surface area contributed by atoms with E-state index in [0.29, 0.717) is 6.54 Å². The van der Waals surface area contributed by atoms with Crippen LogP contribution in [0.25, 0.3) is 0 Å². The lowest BCUT2D eigenvalue weighted by molar-refractivity contribution is -0.121. The second-order valence-electron chi connectivity index (χ2n) is 6.55. The summed E-state index contributed by atoms with van der Waals surface area (Å²) in [5.41, 5.74) is 1.17. The number of carbonyl (C=O) groups excluding carboxylic acids is 2. The second kappa shape index (κ2) is 10.1. The number of carbonyl (C=O) groups is 2. The Morgan fingerprint density at radius 1 is 1.12 bits per heavy atom. The van der Waals surface area contributed by atoms with Gasteiger partial charge in [0.1, 0.15) is 0 Å². The fraction of sp³-hybridized carbons (Fsp3) is 0.579. The van der Waals surface area contributed by atoms with Gasteiger partial charge in [-0.25, -0.2) is 4.79 Å². The summed E-state index contributed by atoms with van der Waals surface area (Å²) in [7, 11) is 0. The van der Waals surface area contributed by atoms with E-state index < -0.39 is 0 Å². The van der Waals surface area contributed by atoms with Crippen LogP contribution >= 0.6 is 0 Å². The number of amides is 3. The van der Waals surface area contributed by atoms with Crippen LogP contribution in [0.2, 0.25) is 0 Å². The molecule has 0 aliphatic heterocycles. The molecule has 2 N–H and O–H groups in total.